The zero-order chi connectivity index (χ0) is 12.4. The quantitative estimate of drug-likeness (QED) is 0.792. The smallest absolute Gasteiger partial charge is 0.0346 e. The van der Waals surface area contributed by atoms with Crippen molar-refractivity contribution in [3.8, 4) is 0 Å². The normalized spacial score (nSPS) is 26.1. The highest BCUT2D eigenvalue weighted by atomic mass is 15.2. The van der Waals surface area contributed by atoms with E-state index in [0.717, 1.165) is 12.2 Å². The van der Waals surface area contributed by atoms with Crippen LogP contribution in [0.3, 0.4) is 0 Å². The summed E-state index contributed by atoms with van der Waals surface area (Å²) in [5.74, 6) is 0. The first-order valence-electron chi connectivity index (χ1n) is 6.69. The van der Waals surface area contributed by atoms with Crippen LogP contribution >= 0.6 is 0 Å². The van der Waals surface area contributed by atoms with Crippen LogP contribution < -0.4 is 5.73 Å². The highest BCUT2D eigenvalue weighted by molar-refractivity contribution is 5.49. The van der Waals surface area contributed by atoms with Crippen molar-refractivity contribution < 1.29 is 0 Å². The van der Waals surface area contributed by atoms with E-state index in [0.29, 0.717) is 12.1 Å². The lowest BCUT2D eigenvalue weighted by atomic mass is 9.96. The van der Waals surface area contributed by atoms with Gasteiger partial charge in [-0.05, 0) is 50.8 Å². The molecule has 1 aliphatic heterocycles. The van der Waals surface area contributed by atoms with Crippen molar-refractivity contribution in [3.63, 3.8) is 0 Å². The summed E-state index contributed by atoms with van der Waals surface area (Å²) >= 11 is 0. The predicted molar refractivity (Wildman–Crippen MR) is 73.9 cm³/mol. The molecule has 17 heavy (non-hydrogen) atoms. The molecule has 0 amide bonds. The van der Waals surface area contributed by atoms with Gasteiger partial charge in [-0.15, -0.1) is 0 Å². The predicted octanol–water partition coefficient (Wildman–Crippen LogP) is 3.34. The van der Waals surface area contributed by atoms with Gasteiger partial charge in [0.25, 0.3) is 0 Å². The van der Waals surface area contributed by atoms with E-state index in [1.54, 1.807) is 0 Å². The van der Waals surface area contributed by atoms with E-state index < -0.39 is 0 Å². The van der Waals surface area contributed by atoms with Crippen LogP contribution in [0, 0.1) is 6.92 Å². The molecule has 2 heteroatoms. The van der Waals surface area contributed by atoms with E-state index in [2.05, 4.69) is 37.8 Å². The summed E-state index contributed by atoms with van der Waals surface area (Å²) in [7, 11) is 0. The monoisotopic (exact) mass is 232 g/mol. The molecule has 0 unspecified atom stereocenters. The first-order chi connectivity index (χ1) is 8.09. The number of nitrogen functional groups attached to an aromatic ring is 1. The molecule has 1 aromatic carbocycles. The second-order valence-corrected chi connectivity index (χ2v) is 5.43. The molecule has 2 N–H and O–H groups in total. The number of piperidine rings is 1. The molecule has 0 aromatic heterocycles. The fraction of sp³-hybridized carbons (Fsp3) is 0.600. The minimum absolute atomic E-state index is 0.694. The Kier molecular flexibility index (Phi) is 3.72. The van der Waals surface area contributed by atoms with Gasteiger partial charge in [0.2, 0.25) is 0 Å². The lowest BCUT2D eigenvalue weighted by Gasteiger charge is -2.39. The highest BCUT2D eigenvalue weighted by Gasteiger charge is 2.24. The van der Waals surface area contributed by atoms with Gasteiger partial charge in [-0.3, -0.25) is 4.90 Å². The first-order valence-corrected chi connectivity index (χ1v) is 6.69. The Morgan fingerprint density at radius 1 is 1.24 bits per heavy atom. The number of rotatable bonds is 2. The van der Waals surface area contributed by atoms with Crippen LogP contribution in [0.25, 0.3) is 0 Å². The van der Waals surface area contributed by atoms with Crippen molar-refractivity contribution >= 4 is 5.69 Å². The van der Waals surface area contributed by atoms with Gasteiger partial charge in [-0.1, -0.05) is 18.6 Å². The molecule has 94 valence electrons. The molecule has 1 fully saturated rings. The zero-order valence-corrected chi connectivity index (χ0v) is 11.2. The SMILES string of the molecule is Cc1c(N)cccc1CN1[C@H](C)CCC[C@@H]1C. The van der Waals surface area contributed by atoms with E-state index in [9.17, 15) is 0 Å². The standard InChI is InChI=1S/C15H24N2/c1-11-6-4-7-12(2)17(11)10-14-8-5-9-15(16)13(14)3/h5,8-9,11-12H,4,6-7,10,16H2,1-3H3/t11-,12+. The maximum atomic E-state index is 5.98. The number of nitrogens with two attached hydrogens (primary N) is 1. The van der Waals surface area contributed by atoms with Gasteiger partial charge in [-0.2, -0.15) is 0 Å². The third-order valence-corrected chi connectivity index (χ3v) is 4.22. The van der Waals surface area contributed by atoms with E-state index in [1.165, 1.54) is 30.4 Å². The van der Waals surface area contributed by atoms with Crippen LogP contribution in [0.2, 0.25) is 0 Å². The number of hydrogen-bond acceptors (Lipinski definition) is 2. The number of likely N-dealkylation sites (tertiary alicyclic amines) is 1. The average Bonchev–Trinajstić information content (AvgIpc) is 2.29. The molecule has 2 atom stereocenters. The van der Waals surface area contributed by atoms with Crippen LogP contribution in [0.4, 0.5) is 5.69 Å². The molecule has 2 nitrogen and oxygen atoms in total. The molecule has 1 aliphatic rings. The van der Waals surface area contributed by atoms with Gasteiger partial charge >= 0.3 is 0 Å². The summed E-state index contributed by atoms with van der Waals surface area (Å²) in [4.78, 5) is 2.62. The average molecular weight is 232 g/mol. The Morgan fingerprint density at radius 2 is 1.88 bits per heavy atom. The van der Waals surface area contributed by atoms with Gasteiger partial charge in [0.05, 0.1) is 0 Å². The van der Waals surface area contributed by atoms with Crippen molar-refractivity contribution in [2.24, 2.45) is 0 Å². The number of nitrogens with zero attached hydrogens (tertiary/aromatic N) is 1. The van der Waals surface area contributed by atoms with Crippen molar-refractivity contribution in [1.29, 1.82) is 0 Å². The molecule has 1 heterocycles. The molecule has 0 spiro atoms. The Hall–Kier alpha value is -1.02. The van der Waals surface area contributed by atoms with Gasteiger partial charge in [-0.25, -0.2) is 0 Å². The van der Waals surface area contributed by atoms with E-state index in [4.69, 9.17) is 5.73 Å². The largest absolute Gasteiger partial charge is 0.399 e. The molecular formula is C15H24N2. The minimum atomic E-state index is 0.694. The Bertz CT molecular complexity index is 377. The Labute approximate surface area is 105 Å². The molecule has 1 saturated heterocycles. The van der Waals surface area contributed by atoms with Crippen molar-refractivity contribution in [1.82, 2.24) is 4.90 Å². The topological polar surface area (TPSA) is 29.3 Å². The maximum absolute atomic E-state index is 5.98. The first kappa shape index (κ1) is 12.4. The summed E-state index contributed by atoms with van der Waals surface area (Å²) in [6.07, 6.45) is 4.02. The van der Waals surface area contributed by atoms with Crippen LogP contribution in [0.5, 0.6) is 0 Å². The molecule has 0 radical (unpaired) electrons. The van der Waals surface area contributed by atoms with Gasteiger partial charge < -0.3 is 5.73 Å². The molecule has 0 saturated carbocycles. The van der Waals surface area contributed by atoms with Crippen LogP contribution in [-0.4, -0.2) is 17.0 Å². The second kappa shape index (κ2) is 5.09. The fourth-order valence-electron chi connectivity index (χ4n) is 2.86. The fourth-order valence-corrected chi connectivity index (χ4v) is 2.86. The lowest BCUT2D eigenvalue weighted by molar-refractivity contribution is 0.0951. The summed E-state index contributed by atoms with van der Waals surface area (Å²) in [5.41, 5.74) is 9.52. The minimum Gasteiger partial charge on any atom is -0.399 e. The molecule has 0 bridgehead atoms. The van der Waals surface area contributed by atoms with Gasteiger partial charge in [0.1, 0.15) is 0 Å². The van der Waals surface area contributed by atoms with E-state index in [-0.39, 0.29) is 0 Å². The Balaban J connectivity index is 2.16. The van der Waals surface area contributed by atoms with Crippen molar-refractivity contribution in [2.75, 3.05) is 5.73 Å². The van der Waals surface area contributed by atoms with E-state index >= 15 is 0 Å². The maximum Gasteiger partial charge on any atom is 0.0346 e. The molecule has 0 aliphatic carbocycles. The zero-order valence-electron chi connectivity index (χ0n) is 11.2. The third-order valence-electron chi connectivity index (χ3n) is 4.22. The highest BCUT2D eigenvalue weighted by Crippen LogP contribution is 2.26. The van der Waals surface area contributed by atoms with Crippen LogP contribution in [-0.2, 0) is 6.54 Å². The van der Waals surface area contributed by atoms with Crippen molar-refractivity contribution in [2.45, 2.75) is 58.7 Å². The van der Waals surface area contributed by atoms with Crippen molar-refractivity contribution in [3.05, 3.63) is 29.3 Å². The Morgan fingerprint density at radius 3 is 2.53 bits per heavy atom. The van der Waals surface area contributed by atoms with Gasteiger partial charge in [0, 0.05) is 24.3 Å². The second-order valence-electron chi connectivity index (χ2n) is 5.43. The third kappa shape index (κ3) is 2.63. The summed E-state index contributed by atoms with van der Waals surface area (Å²) < 4.78 is 0. The van der Waals surface area contributed by atoms with Gasteiger partial charge in [0.15, 0.2) is 0 Å². The lowest BCUT2D eigenvalue weighted by Crippen LogP contribution is -2.43. The van der Waals surface area contributed by atoms with E-state index in [1.807, 2.05) is 6.07 Å². The molecule has 2 rings (SSSR count). The summed E-state index contributed by atoms with van der Waals surface area (Å²) in [6, 6.07) is 7.65. The summed E-state index contributed by atoms with van der Waals surface area (Å²) in [6.45, 7) is 7.86. The van der Waals surface area contributed by atoms with Crippen LogP contribution in [0.15, 0.2) is 18.2 Å². The molecular weight excluding hydrogens is 208 g/mol. The number of anilines is 1. The molecule has 1 aromatic rings. The number of hydrogen-bond donors (Lipinski definition) is 1. The number of benzene rings is 1. The van der Waals surface area contributed by atoms with Crippen LogP contribution in [0.1, 0.15) is 44.2 Å². The summed E-state index contributed by atoms with van der Waals surface area (Å²) in [5, 5.41) is 0.